The highest BCUT2D eigenvalue weighted by Gasteiger charge is 2.03. The van der Waals surface area contributed by atoms with Crippen molar-refractivity contribution in [3.63, 3.8) is 0 Å². The summed E-state index contributed by atoms with van der Waals surface area (Å²) in [6.45, 7) is 0.934. The number of rotatable bonds is 4. The van der Waals surface area contributed by atoms with Gasteiger partial charge in [0.2, 0.25) is 0 Å². The number of halogens is 2. The average Bonchev–Trinajstić information content (AvgIpc) is 2.42. The van der Waals surface area contributed by atoms with E-state index in [4.69, 9.17) is 21.6 Å². The lowest BCUT2D eigenvalue weighted by atomic mass is 10.1. The molecule has 0 saturated heterocycles. The zero-order valence-corrected chi connectivity index (χ0v) is 12.4. The highest BCUT2D eigenvalue weighted by Crippen LogP contribution is 2.20. The van der Waals surface area contributed by atoms with Gasteiger partial charge in [0.25, 0.3) is 0 Å². The van der Waals surface area contributed by atoms with Crippen molar-refractivity contribution in [3.8, 4) is 6.07 Å². The Morgan fingerprint density at radius 2 is 1.84 bits per heavy atom. The van der Waals surface area contributed by atoms with Crippen LogP contribution in [0.4, 0.5) is 0 Å². The number of nitriles is 1. The fourth-order valence-electron chi connectivity index (χ4n) is 1.62. The maximum absolute atomic E-state index is 8.76. The van der Waals surface area contributed by atoms with E-state index in [1.807, 2.05) is 30.3 Å². The highest BCUT2D eigenvalue weighted by atomic mass is 79.9. The summed E-state index contributed by atoms with van der Waals surface area (Å²) in [7, 11) is 0. The van der Waals surface area contributed by atoms with Crippen molar-refractivity contribution in [2.24, 2.45) is 0 Å². The van der Waals surface area contributed by atoms with Gasteiger partial charge < -0.3 is 4.74 Å². The SMILES string of the molecule is N#Cc1ccc(COCc2ccccc2Br)c(Cl)c1. The number of benzene rings is 2. The van der Waals surface area contributed by atoms with Crippen molar-refractivity contribution < 1.29 is 4.74 Å². The van der Waals surface area contributed by atoms with Crippen LogP contribution in [0.3, 0.4) is 0 Å². The molecular weight excluding hydrogens is 326 g/mol. The van der Waals surface area contributed by atoms with Gasteiger partial charge in [0.05, 0.1) is 24.8 Å². The van der Waals surface area contributed by atoms with Crippen LogP contribution >= 0.6 is 27.5 Å². The van der Waals surface area contributed by atoms with Gasteiger partial charge in [-0.3, -0.25) is 0 Å². The first-order valence-electron chi connectivity index (χ1n) is 5.70. The van der Waals surface area contributed by atoms with Crippen LogP contribution in [0.1, 0.15) is 16.7 Å². The van der Waals surface area contributed by atoms with E-state index in [1.165, 1.54) is 0 Å². The van der Waals surface area contributed by atoms with Gasteiger partial charge in [0.15, 0.2) is 0 Å². The minimum atomic E-state index is 0.422. The first-order chi connectivity index (χ1) is 9.20. The summed E-state index contributed by atoms with van der Waals surface area (Å²) in [5, 5.41) is 9.32. The molecule has 0 bridgehead atoms. The molecule has 2 aromatic carbocycles. The van der Waals surface area contributed by atoms with Gasteiger partial charge in [0.1, 0.15) is 0 Å². The number of hydrogen-bond acceptors (Lipinski definition) is 2. The molecule has 0 heterocycles. The molecule has 0 fully saturated rings. The molecule has 0 atom stereocenters. The van der Waals surface area contributed by atoms with Crippen LogP contribution in [0.2, 0.25) is 5.02 Å². The molecule has 0 aliphatic heterocycles. The first-order valence-corrected chi connectivity index (χ1v) is 6.87. The van der Waals surface area contributed by atoms with Gasteiger partial charge in [-0.05, 0) is 29.3 Å². The van der Waals surface area contributed by atoms with E-state index in [-0.39, 0.29) is 0 Å². The Labute approximate surface area is 125 Å². The Bertz CT molecular complexity index is 622. The van der Waals surface area contributed by atoms with Crippen LogP contribution in [-0.4, -0.2) is 0 Å². The summed E-state index contributed by atoms with van der Waals surface area (Å²) < 4.78 is 6.67. The molecule has 4 heteroatoms. The summed E-state index contributed by atoms with van der Waals surface area (Å²) in [6.07, 6.45) is 0. The van der Waals surface area contributed by atoms with Crippen molar-refractivity contribution in [3.05, 3.63) is 68.7 Å². The predicted octanol–water partition coefficient (Wildman–Crippen LogP) is 4.69. The standard InChI is InChI=1S/C15H11BrClNO/c16-14-4-2-1-3-12(14)9-19-10-13-6-5-11(8-18)7-15(13)17/h1-7H,9-10H2. The molecular formula is C15H11BrClNO. The normalized spacial score (nSPS) is 10.2. The van der Waals surface area contributed by atoms with E-state index in [0.29, 0.717) is 23.8 Å². The van der Waals surface area contributed by atoms with E-state index < -0.39 is 0 Å². The lowest BCUT2D eigenvalue weighted by molar-refractivity contribution is 0.107. The summed E-state index contributed by atoms with van der Waals surface area (Å²) >= 11 is 9.55. The Kier molecular flexibility index (Phi) is 4.98. The first kappa shape index (κ1) is 14.1. The van der Waals surface area contributed by atoms with Gasteiger partial charge in [-0.15, -0.1) is 0 Å². The van der Waals surface area contributed by atoms with Crippen LogP contribution in [0.5, 0.6) is 0 Å². The molecule has 0 radical (unpaired) electrons. The molecule has 0 saturated carbocycles. The summed E-state index contributed by atoms with van der Waals surface area (Å²) in [6, 6.07) is 15.2. The Hall–Kier alpha value is -1.34. The van der Waals surface area contributed by atoms with E-state index in [9.17, 15) is 0 Å². The molecule has 0 aliphatic carbocycles. The largest absolute Gasteiger partial charge is 0.372 e. The summed E-state index contributed by atoms with van der Waals surface area (Å²) in [5.41, 5.74) is 2.53. The molecule has 2 rings (SSSR count). The fraction of sp³-hybridized carbons (Fsp3) is 0.133. The summed E-state index contributed by atoms with van der Waals surface area (Å²) in [4.78, 5) is 0. The average molecular weight is 337 g/mol. The van der Waals surface area contributed by atoms with Crippen molar-refractivity contribution in [2.75, 3.05) is 0 Å². The van der Waals surface area contributed by atoms with Crippen LogP contribution in [0.25, 0.3) is 0 Å². The van der Waals surface area contributed by atoms with E-state index in [1.54, 1.807) is 12.1 Å². The fourth-order valence-corrected chi connectivity index (χ4v) is 2.25. The van der Waals surface area contributed by atoms with E-state index in [2.05, 4.69) is 22.0 Å². The topological polar surface area (TPSA) is 33.0 Å². The molecule has 0 aromatic heterocycles. The predicted molar refractivity (Wildman–Crippen MR) is 78.8 cm³/mol. The third-order valence-corrected chi connectivity index (χ3v) is 3.78. The Morgan fingerprint density at radius 3 is 2.53 bits per heavy atom. The molecule has 0 spiro atoms. The second kappa shape index (κ2) is 6.72. The minimum absolute atomic E-state index is 0.422. The maximum atomic E-state index is 8.76. The van der Waals surface area contributed by atoms with Crippen molar-refractivity contribution in [1.82, 2.24) is 0 Å². The number of hydrogen-bond donors (Lipinski definition) is 0. The third kappa shape index (κ3) is 3.81. The Morgan fingerprint density at radius 1 is 1.11 bits per heavy atom. The second-order valence-electron chi connectivity index (χ2n) is 4.00. The third-order valence-electron chi connectivity index (χ3n) is 2.66. The van der Waals surface area contributed by atoms with Gasteiger partial charge in [-0.2, -0.15) is 5.26 Å². The molecule has 0 unspecified atom stereocenters. The lowest BCUT2D eigenvalue weighted by Crippen LogP contribution is -1.96. The molecule has 96 valence electrons. The van der Waals surface area contributed by atoms with Crippen LogP contribution < -0.4 is 0 Å². The van der Waals surface area contributed by atoms with Crippen LogP contribution in [-0.2, 0) is 18.0 Å². The number of nitrogens with zero attached hydrogens (tertiary/aromatic N) is 1. The quantitative estimate of drug-likeness (QED) is 0.811. The smallest absolute Gasteiger partial charge is 0.0992 e. The van der Waals surface area contributed by atoms with Crippen LogP contribution in [0, 0.1) is 11.3 Å². The molecule has 0 N–H and O–H groups in total. The highest BCUT2D eigenvalue weighted by molar-refractivity contribution is 9.10. The van der Waals surface area contributed by atoms with Gasteiger partial charge >= 0.3 is 0 Å². The van der Waals surface area contributed by atoms with Crippen LogP contribution in [0.15, 0.2) is 46.9 Å². The Balaban J connectivity index is 1.97. The zero-order chi connectivity index (χ0) is 13.7. The molecule has 0 aliphatic rings. The van der Waals surface area contributed by atoms with Crippen molar-refractivity contribution >= 4 is 27.5 Å². The molecule has 2 nitrogen and oxygen atoms in total. The van der Waals surface area contributed by atoms with Gasteiger partial charge in [-0.1, -0.05) is 51.8 Å². The molecule has 19 heavy (non-hydrogen) atoms. The lowest BCUT2D eigenvalue weighted by Gasteiger charge is -2.08. The monoisotopic (exact) mass is 335 g/mol. The second-order valence-corrected chi connectivity index (χ2v) is 5.26. The van der Waals surface area contributed by atoms with Crippen molar-refractivity contribution in [1.29, 1.82) is 5.26 Å². The van der Waals surface area contributed by atoms with Crippen molar-refractivity contribution in [2.45, 2.75) is 13.2 Å². The number of ether oxygens (including phenoxy) is 1. The zero-order valence-electron chi connectivity index (χ0n) is 10.1. The van der Waals surface area contributed by atoms with Gasteiger partial charge in [-0.25, -0.2) is 0 Å². The van der Waals surface area contributed by atoms with E-state index >= 15 is 0 Å². The summed E-state index contributed by atoms with van der Waals surface area (Å²) in [5.74, 6) is 0. The molecule has 0 amide bonds. The minimum Gasteiger partial charge on any atom is -0.372 e. The maximum Gasteiger partial charge on any atom is 0.0992 e. The van der Waals surface area contributed by atoms with E-state index in [0.717, 1.165) is 15.6 Å². The van der Waals surface area contributed by atoms with Gasteiger partial charge in [0, 0.05) is 9.50 Å². The molecule has 2 aromatic rings.